The van der Waals surface area contributed by atoms with Crippen LogP contribution in [0.15, 0.2) is 42.6 Å². The van der Waals surface area contributed by atoms with Crippen LogP contribution in [0.5, 0.6) is 17.2 Å². The fraction of sp³-hybridized carbons (Fsp3) is 0.304. The molecule has 1 aromatic heterocycles. The van der Waals surface area contributed by atoms with E-state index >= 15 is 0 Å². The van der Waals surface area contributed by atoms with Gasteiger partial charge in [-0.1, -0.05) is 17.7 Å². The average molecular weight is 511 g/mol. The topological polar surface area (TPSA) is 86.6 Å². The number of amides is 1. The van der Waals surface area contributed by atoms with Crippen molar-refractivity contribution in [3.63, 3.8) is 0 Å². The molecule has 1 amide bonds. The number of carbonyl (C=O) groups is 1. The largest absolute Gasteiger partial charge is 0.495 e. The van der Waals surface area contributed by atoms with E-state index in [2.05, 4.69) is 15.7 Å². The van der Waals surface area contributed by atoms with Gasteiger partial charge >= 0.3 is 6.18 Å². The van der Waals surface area contributed by atoms with E-state index in [1.165, 1.54) is 27.4 Å². The lowest BCUT2D eigenvalue weighted by molar-refractivity contribution is -0.173. The Morgan fingerprint density at radius 1 is 1.09 bits per heavy atom. The Balaban J connectivity index is 1.71. The number of methoxy groups -OCH3 is 3. The maximum Gasteiger partial charge on any atom is 0.410 e. The Morgan fingerprint density at radius 3 is 2.43 bits per heavy atom. The van der Waals surface area contributed by atoms with E-state index in [0.29, 0.717) is 27.8 Å². The molecule has 12 heteroatoms. The smallest absolute Gasteiger partial charge is 0.410 e. The third-order valence-electron chi connectivity index (χ3n) is 5.70. The molecule has 1 aliphatic heterocycles. The molecule has 186 valence electrons. The fourth-order valence-corrected chi connectivity index (χ4v) is 4.16. The van der Waals surface area contributed by atoms with Gasteiger partial charge in [-0.25, -0.2) is 4.68 Å². The molecule has 3 aromatic rings. The van der Waals surface area contributed by atoms with Crippen molar-refractivity contribution in [1.82, 2.24) is 9.78 Å². The van der Waals surface area contributed by atoms with Crippen molar-refractivity contribution in [2.75, 3.05) is 32.0 Å². The van der Waals surface area contributed by atoms with Crippen molar-refractivity contribution in [1.29, 1.82) is 0 Å². The number of hydrogen-bond acceptors (Lipinski definition) is 6. The maximum atomic E-state index is 14.0. The molecule has 2 aromatic carbocycles. The minimum absolute atomic E-state index is 0.0585. The van der Waals surface area contributed by atoms with Crippen LogP contribution in [0.1, 0.15) is 34.4 Å². The van der Waals surface area contributed by atoms with E-state index in [-0.39, 0.29) is 23.5 Å². The second kappa shape index (κ2) is 9.57. The lowest BCUT2D eigenvalue weighted by Crippen LogP contribution is -2.36. The molecule has 1 aliphatic rings. The molecule has 0 bridgehead atoms. The number of aromatic nitrogens is 2. The molecule has 8 nitrogen and oxygen atoms in total. The first-order chi connectivity index (χ1) is 16.7. The number of nitrogens with zero attached hydrogens (tertiary/aromatic N) is 2. The molecule has 0 saturated carbocycles. The second-order valence-electron chi connectivity index (χ2n) is 7.75. The van der Waals surface area contributed by atoms with Gasteiger partial charge in [-0.3, -0.25) is 4.79 Å². The molecule has 2 N–H and O–H groups in total. The number of benzene rings is 2. The highest BCUT2D eigenvalue weighted by molar-refractivity contribution is 6.31. The monoisotopic (exact) mass is 510 g/mol. The number of nitrogens with one attached hydrogen (secondary N) is 2. The van der Waals surface area contributed by atoms with Gasteiger partial charge in [0.25, 0.3) is 5.91 Å². The Labute approximate surface area is 203 Å². The van der Waals surface area contributed by atoms with Crippen LogP contribution in [0.4, 0.5) is 24.7 Å². The number of alkyl halides is 3. The van der Waals surface area contributed by atoms with E-state index in [1.807, 2.05) is 0 Å². The zero-order chi connectivity index (χ0) is 25.3. The highest BCUT2D eigenvalue weighted by Gasteiger charge is 2.47. The number of rotatable bonds is 6. The lowest BCUT2D eigenvalue weighted by atomic mass is 9.96. The fourth-order valence-electron chi connectivity index (χ4n) is 3.98. The second-order valence-corrected chi connectivity index (χ2v) is 8.19. The van der Waals surface area contributed by atoms with Crippen LogP contribution in [0.25, 0.3) is 0 Å². The Bertz CT molecular complexity index is 1250. The number of fused-ring (bicyclic) bond motifs is 1. The Hall–Kier alpha value is -3.60. The molecule has 0 fully saturated rings. The van der Waals surface area contributed by atoms with Crippen LogP contribution < -0.4 is 24.8 Å². The first kappa shape index (κ1) is 24.5. The number of hydrogen-bond donors (Lipinski definition) is 2. The summed E-state index contributed by atoms with van der Waals surface area (Å²) in [6.45, 7) is 0. The SMILES string of the molecule is COc1ccc(Cl)cc1NC(=O)c1cnn2c1N[C@H](c1ccc(OC)c(OC)c1)C[C@@H]2C(F)(F)F. The van der Waals surface area contributed by atoms with Gasteiger partial charge < -0.3 is 24.8 Å². The van der Waals surface area contributed by atoms with Crippen molar-refractivity contribution >= 4 is 29.0 Å². The van der Waals surface area contributed by atoms with E-state index in [1.54, 1.807) is 30.3 Å². The van der Waals surface area contributed by atoms with E-state index in [9.17, 15) is 18.0 Å². The standard InChI is InChI=1S/C23H22ClF3N4O4/c1-33-17-7-5-13(24)9-16(17)30-22(32)14-11-28-31-20(23(25,26)27)10-15(29-21(14)31)12-4-6-18(34-2)19(8-12)35-3/h4-9,11,15,20,29H,10H2,1-3H3,(H,30,32)/t15-,20+/m0/s1. The zero-order valence-corrected chi connectivity index (χ0v) is 19.7. The average Bonchev–Trinajstić information content (AvgIpc) is 3.26. The molecule has 2 atom stereocenters. The number of anilines is 2. The van der Waals surface area contributed by atoms with Crippen LogP contribution in [-0.2, 0) is 0 Å². The van der Waals surface area contributed by atoms with E-state index in [0.717, 1.165) is 10.9 Å². The predicted molar refractivity (Wildman–Crippen MR) is 124 cm³/mol. The molecule has 0 spiro atoms. The molecule has 0 aliphatic carbocycles. The summed E-state index contributed by atoms with van der Waals surface area (Å²) in [5.74, 6) is 0.429. The highest BCUT2D eigenvalue weighted by atomic mass is 35.5. The van der Waals surface area contributed by atoms with E-state index in [4.69, 9.17) is 25.8 Å². The van der Waals surface area contributed by atoms with Gasteiger partial charge in [0, 0.05) is 11.4 Å². The quantitative estimate of drug-likeness (QED) is 0.457. The van der Waals surface area contributed by atoms with Crippen molar-refractivity contribution < 1.29 is 32.2 Å². The first-order valence-electron chi connectivity index (χ1n) is 10.4. The summed E-state index contributed by atoms with van der Waals surface area (Å²) in [6.07, 6.45) is -3.83. The minimum Gasteiger partial charge on any atom is -0.495 e. The Morgan fingerprint density at radius 2 is 1.77 bits per heavy atom. The third-order valence-corrected chi connectivity index (χ3v) is 5.94. The van der Waals surface area contributed by atoms with Crippen molar-refractivity contribution in [2.45, 2.75) is 24.7 Å². The minimum atomic E-state index is -4.60. The summed E-state index contributed by atoms with van der Waals surface area (Å²) in [7, 11) is 4.33. The van der Waals surface area contributed by atoms with Gasteiger partial charge in [-0.15, -0.1) is 0 Å². The molecule has 2 heterocycles. The zero-order valence-electron chi connectivity index (χ0n) is 18.9. The van der Waals surface area contributed by atoms with Crippen LogP contribution in [0, 0.1) is 0 Å². The molecule has 0 saturated heterocycles. The normalized spacial score (nSPS) is 17.2. The van der Waals surface area contributed by atoms with E-state index < -0.39 is 24.2 Å². The summed E-state index contributed by atoms with van der Waals surface area (Å²) in [4.78, 5) is 13.1. The third kappa shape index (κ3) is 4.81. The summed E-state index contributed by atoms with van der Waals surface area (Å²) < 4.78 is 58.6. The maximum absolute atomic E-state index is 14.0. The van der Waals surface area contributed by atoms with Gasteiger partial charge in [0.05, 0.1) is 39.3 Å². The highest BCUT2D eigenvalue weighted by Crippen LogP contribution is 2.45. The summed E-state index contributed by atoms with van der Waals surface area (Å²) >= 11 is 6.02. The van der Waals surface area contributed by atoms with Crippen LogP contribution in [0.3, 0.4) is 0 Å². The van der Waals surface area contributed by atoms with Crippen LogP contribution in [0.2, 0.25) is 5.02 Å². The summed E-state index contributed by atoms with van der Waals surface area (Å²) in [6, 6.07) is 6.77. The molecule has 35 heavy (non-hydrogen) atoms. The Kier molecular flexibility index (Phi) is 6.70. The molecular weight excluding hydrogens is 489 g/mol. The predicted octanol–water partition coefficient (Wildman–Crippen LogP) is 5.47. The molecule has 0 unspecified atom stereocenters. The number of carbonyl (C=O) groups excluding carboxylic acids is 1. The van der Waals surface area contributed by atoms with Gasteiger partial charge in [0.1, 0.15) is 17.1 Å². The van der Waals surface area contributed by atoms with Crippen molar-refractivity contribution in [3.8, 4) is 17.2 Å². The van der Waals surface area contributed by atoms with Crippen LogP contribution >= 0.6 is 11.6 Å². The van der Waals surface area contributed by atoms with Crippen molar-refractivity contribution in [2.24, 2.45) is 0 Å². The summed E-state index contributed by atoms with van der Waals surface area (Å²) in [5, 5.41) is 9.92. The number of halogens is 4. The molecule has 0 radical (unpaired) electrons. The number of ether oxygens (including phenoxy) is 3. The van der Waals surface area contributed by atoms with Crippen molar-refractivity contribution in [3.05, 3.63) is 58.7 Å². The molecular formula is C23H22ClF3N4O4. The molecule has 4 rings (SSSR count). The van der Waals surface area contributed by atoms with Gasteiger partial charge in [-0.05, 0) is 35.9 Å². The van der Waals surface area contributed by atoms with Crippen LogP contribution in [-0.4, -0.2) is 43.2 Å². The first-order valence-corrected chi connectivity index (χ1v) is 10.8. The van der Waals surface area contributed by atoms with Gasteiger partial charge in [0.2, 0.25) is 0 Å². The van der Waals surface area contributed by atoms with Gasteiger partial charge in [0.15, 0.2) is 17.5 Å². The lowest BCUT2D eigenvalue weighted by Gasteiger charge is -2.34. The summed E-state index contributed by atoms with van der Waals surface area (Å²) in [5.41, 5.74) is 0.739. The van der Waals surface area contributed by atoms with Gasteiger partial charge in [-0.2, -0.15) is 18.3 Å².